The second-order valence-corrected chi connectivity index (χ2v) is 8.67. The van der Waals surface area contributed by atoms with E-state index in [1.54, 1.807) is 18.7 Å². The lowest BCUT2D eigenvalue weighted by Crippen LogP contribution is -2.54. The van der Waals surface area contributed by atoms with Crippen LogP contribution in [0.1, 0.15) is 24.3 Å². The first-order valence-corrected chi connectivity index (χ1v) is 8.42. The number of hydrogen-bond donors (Lipinski definition) is 1. The number of para-hydroxylation sites is 1. The van der Waals surface area contributed by atoms with E-state index in [-0.39, 0.29) is 24.7 Å². The van der Waals surface area contributed by atoms with Crippen molar-refractivity contribution < 1.29 is 13.2 Å². The van der Waals surface area contributed by atoms with Crippen molar-refractivity contribution in [1.29, 1.82) is 0 Å². The van der Waals surface area contributed by atoms with Crippen LogP contribution in [0.4, 0.5) is 0 Å². The normalized spacial score (nSPS) is 20.6. The van der Waals surface area contributed by atoms with Crippen molar-refractivity contribution in [2.24, 2.45) is 0 Å². The standard InChI is InChI=1S/C14H17N3O3S/c1-14(2)9-17(7-8-21(14,19)20)13(18)12-10-5-3-4-6-11(10)15-16-12/h3-6H,7-9H2,1-2H3,(H,15,16). The van der Waals surface area contributed by atoms with Crippen molar-refractivity contribution in [3.05, 3.63) is 30.0 Å². The summed E-state index contributed by atoms with van der Waals surface area (Å²) < 4.78 is 23.1. The Labute approximate surface area is 123 Å². The topological polar surface area (TPSA) is 83.1 Å². The monoisotopic (exact) mass is 307 g/mol. The number of nitrogens with zero attached hydrogens (tertiary/aromatic N) is 2. The number of benzene rings is 1. The van der Waals surface area contributed by atoms with Gasteiger partial charge in [-0.3, -0.25) is 9.89 Å². The van der Waals surface area contributed by atoms with Gasteiger partial charge >= 0.3 is 0 Å². The number of fused-ring (bicyclic) bond motifs is 1. The summed E-state index contributed by atoms with van der Waals surface area (Å²) in [5.41, 5.74) is 1.14. The smallest absolute Gasteiger partial charge is 0.275 e. The van der Waals surface area contributed by atoms with E-state index < -0.39 is 14.6 Å². The zero-order chi connectivity index (χ0) is 15.3. The fourth-order valence-corrected chi connectivity index (χ4v) is 3.96. The van der Waals surface area contributed by atoms with Gasteiger partial charge in [0.05, 0.1) is 16.0 Å². The third-order valence-corrected chi connectivity index (χ3v) is 6.54. The Morgan fingerprint density at radius 3 is 2.76 bits per heavy atom. The summed E-state index contributed by atoms with van der Waals surface area (Å²) in [5, 5.41) is 7.68. The molecule has 1 amide bonds. The Kier molecular flexibility index (Phi) is 3.05. The minimum Gasteiger partial charge on any atom is -0.335 e. The van der Waals surface area contributed by atoms with Crippen LogP contribution < -0.4 is 0 Å². The molecule has 0 saturated carbocycles. The average molecular weight is 307 g/mol. The third kappa shape index (κ3) is 2.21. The van der Waals surface area contributed by atoms with E-state index in [0.717, 1.165) is 10.9 Å². The van der Waals surface area contributed by atoms with Gasteiger partial charge in [-0.15, -0.1) is 0 Å². The van der Waals surface area contributed by atoms with Crippen molar-refractivity contribution in [2.45, 2.75) is 18.6 Å². The number of H-pyrrole nitrogens is 1. The number of sulfone groups is 1. The highest BCUT2D eigenvalue weighted by Crippen LogP contribution is 2.26. The van der Waals surface area contributed by atoms with E-state index in [9.17, 15) is 13.2 Å². The molecule has 0 radical (unpaired) electrons. The highest BCUT2D eigenvalue weighted by Gasteiger charge is 2.42. The van der Waals surface area contributed by atoms with Crippen molar-refractivity contribution >= 4 is 26.6 Å². The van der Waals surface area contributed by atoms with E-state index in [1.165, 1.54) is 0 Å². The van der Waals surface area contributed by atoms with E-state index in [2.05, 4.69) is 10.2 Å². The highest BCUT2D eigenvalue weighted by molar-refractivity contribution is 7.92. The number of hydrogen-bond acceptors (Lipinski definition) is 4. The number of amides is 1. The molecule has 0 unspecified atom stereocenters. The van der Waals surface area contributed by atoms with Crippen LogP contribution in [0.5, 0.6) is 0 Å². The predicted molar refractivity (Wildman–Crippen MR) is 79.9 cm³/mol. The van der Waals surface area contributed by atoms with Gasteiger partial charge in [-0.1, -0.05) is 18.2 Å². The van der Waals surface area contributed by atoms with E-state index >= 15 is 0 Å². The first-order valence-electron chi connectivity index (χ1n) is 6.76. The molecule has 2 aromatic rings. The molecular weight excluding hydrogens is 290 g/mol. The molecule has 1 aliphatic heterocycles. The van der Waals surface area contributed by atoms with Crippen LogP contribution in [0.15, 0.2) is 24.3 Å². The summed E-state index contributed by atoms with van der Waals surface area (Å²) in [5.74, 6) is -0.232. The molecule has 1 fully saturated rings. The SMILES string of the molecule is CC1(C)CN(C(=O)c2n[nH]c3ccccc23)CCS1(=O)=O. The zero-order valence-electron chi connectivity index (χ0n) is 12.0. The van der Waals surface area contributed by atoms with Gasteiger partial charge in [0.15, 0.2) is 15.5 Å². The van der Waals surface area contributed by atoms with Crippen molar-refractivity contribution in [1.82, 2.24) is 15.1 Å². The molecule has 0 bridgehead atoms. The number of aromatic amines is 1. The lowest BCUT2D eigenvalue weighted by molar-refractivity contribution is 0.0739. The van der Waals surface area contributed by atoms with Gasteiger partial charge < -0.3 is 4.90 Å². The van der Waals surface area contributed by atoms with Crippen molar-refractivity contribution in [3.8, 4) is 0 Å². The number of rotatable bonds is 1. The third-order valence-electron chi connectivity index (χ3n) is 4.00. The largest absolute Gasteiger partial charge is 0.335 e. The Hall–Kier alpha value is -1.89. The van der Waals surface area contributed by atoms with Gasteiger partial charge in [-0.2, -0.15) is 5.10 Å². The fourth-order valence-electron chi connectivity index (χ4n) is 2.59. The molecule has 2 heterocycles. The summed E-state index contributed by atoms with van der Waals surface area (Å²) in [4.78, 5) is 14.2. The van der Waals surface area contributed by atoms with Gasteiger partial charge in [0.2, 0.25) is 0 Å². The zero-order valence-corrected chi connectivity index (χ0v) is 12.8. The first-order chi connectivity index (χ1) is 9.82. The van der Waals surface area contributed by atoms with Crippen LogP contribution in [0.3, 0.4) is 0 Å². The Morgan fingerprint density at radius 2 is 2.05 bits per heavy atom. The molecular formula is C14H17N3O3S. The van der Waals surface area contributed by atoms with E-state index in [4.69, 9.17) is 0 Å². The lowest BCUT2D eigenvalue weighted by atomic mass is 10.1. The quantitative estimate of drug-likeness (QED) is 0.858. The summed E-state index contributed by atoms with van der Waals surface area (Å²) in [6.07, 6.45) is 0. The fraction of sp³-hybridized carbons (Fsp3) is 0.429. The Balaban J connectivity index is 1.93. The predicted octanol–water partition coefficient (Wildman–Crippen LogP) is 1.21. The van der Waals surface area contributed by atoms with Gasteiger partial charge in [0.25, 0.3) is 5.91 Å². The van der Waals surface area contributed by atoms with Crippen LogP contribution in [0, 0.1) is 0 Å². The minimum absolute atomic E-state index is 0.00586. The summed E-state index contributed by atoms with van der Waals surface area (Å²) in [7, 11) is -3.16. The second kappa shape index (κ2) is 4.56. The lowest BCUT2D eigenvalue weighted by Gasteiger charge is -2.37. The number of carbonyl (C=O) groups is 1. The molecule has 21 heavy (non-hydrogen) atoms. The molecule has 6 nitrogen and oxygen atoms in total. The maximum absolute atomic E-state index is 12.6. The van der Waals surface area contributed by atoms with Crippen LogP contribution in [-0.2, 0) is 9.84 Å². The average Bonchev–Trinajstić information content (AvgIpc) is 2.85. The van der Waals surface area contributed by atoms with E-state index in [1.807, 2.05) is 24.3 Å². The summed E-state index contributed by atoms with van der Waals surface area (Å²) >= 11 is 0. The molecule has 7 heteroatoms. The van der Waals surface area contributed by atoms with E-state index in [0.29, 0.717) is 5.69 Å². The molecule has 1 N–H and O–H groups in total. The maximum Gasteiger partial charge on any atom is 0.275 e. The second-order valence-electron chi connectivity index (χ2n) is 5.92. The molecule has 1 aromatic carbocycles. The Bertz CT molecular complexity index is 808. The van der Waals surface area contributed by atoms with Crippen molar-refractivity contribution in [3.63, 3.8) is 0 Å². The minimum atomic E-state index is -3.16. The van der Waals surface area contributed by atoms with Crippen molar-refractivity contribution in [2.75, 3.05) is 18.8 Å². The molecule has 3 rings (SSSR count). The molecule has 1 aliphatic rings. The number of aromatic nitrogens is 2. The first kappa shape index (κ1) is 14.1. The van der Waals surface area contributed by atoms with Gasteiger partial charge in [0, 0.05) is 18.5 Å². The highest BCUT2D eigenvalue weighted by atomic mass is 32.2. The van der Waals surface area contributed by atoms with Crippen LogP contribution in [-0.4, -0.2) is 53.0 Å². The van der Waals surface area contributed by atoms with Crippen LogP contribution in [0.2, 0.25) is 0 Å². The van der Waals surface area contributed by atoms with Gasteiger partial charge in [-0.05, 0) is 19.9 Å². The van der Waals surface area contributed by atoms with Gasteiger partial charge in [0.1, 0.15) is 0 Å². The van der Waals surface area contributed by atoms with Crippen LogP contribution >= 0.6 is 0 Å². The summed E-state index contributed by atoms with van der Waals surface area (Å²) in [6, 6.07) is 7.40. The molecule has 1 aromatic heterocycles. The number of nitrogens with one attached hydrogen (secondary N) is 1. The van der Waals surface area contributed by atoms with Crippen LogP contribution in [0.25, 0.3) is 10.9 Å². The Morgan fingerprint density at radius 1 is 1.33 bits per heavy atom. The molecule has 1 saturated heterocycles. The molecule has 0 atom stereocenters. The molecule has 0 aliphatic carbocycles. The van der Waals surface area contributed by atoms with Gasteiger partial charge in [-0.25, -0.2) is 8.42 Å². The molecule has 0 spiro atoms. The maximum atomic E-state index is 12.6. The molecule has 112 valence electrons. The number of carbonyl (C=O) groups excluding carboxylic acids is 1. The summed E-state index contributed by atoms with van der Waals surface area (Å²) in [6.45, 7) is 3.72.